The van der Waals surface area contributed by atoms with Crippen molar-refractivity contribution in [2.45, 2.75) is 6.61 Å². The molecule has 90 valence electrons. The SMILES string of the molecule is COC(=O)c1cc(COS(C)(=O)=O)nn1C. The smallest absolute Gasteiger partial charge is 0.356 e. The lowest BCUT2D eigenvalue weighted by Gasteiger charge is -1.96. The van der Waals surface area contributed by atoms with Crippen molar-refractivity contribution in [3.05, 3.63) is 17.5 Å². The Morgan fingerprint density at radius 1 is 1.56 bits per heavy atom. The fourth-order valence-corrected chi connectivity index (χ4v) is 1.40. The molecular weight excluding hydrogens is 236 g/mol. The Balaban J connectivity index is 2.81. The van der Waals surface area contributed by atoms with Crippen LogP contribution in [0.25, 0.3) is 0 Å². The van der Waals surface area contributed by atoms with Gasteiger partial charge >= 0.3 is 5.97 Å². The highest BCUT2D eigenvalue weighted by molar-refractivity contribution is 7.85. The van der Waals surface area contributed by atoms with E-state index in [-0.39, 0.29) is 12.3 Å². The molecule has 0 aliphatic carbocycles. The fourth-order valence-electron chi connectivity index (χ4n) is 1.06. The highest BCUT2D eigenvalue weighted by atomic mass is 32.2. The molecule has 0 N–H and O–H groups in total. The molecule has 0 radical (unpaired) electrons. The average Bonchev–Trinajstić information content (AvgIpc) is 2.55. The van der Waals surface area contributed by atoms with Crippen LogP contribution in [0.5, 0.6) is 0 Å². The van der Waals surface area contributed by atoms with Crippen LogP contribution < -0.4 is 0 Å². The number of esters is 1. The molecule has 0 aliphatic rings. The molecule has 0 amide bonds. The highest BCUT2D eigenvalue weighted by Crippen LogP contribution is 2.07. The lowest BCUT2D eigenvalue weighted by Crippen LogP contribution is -2.08. The molecule has 0 fully saturated rings. The van der Waals surface area contributed by atoms with Gasteiger partial charge in [-0.05, 0) is 6.07 Å². The minimum Gasteiger partial charge on any atom is -0.464 e. The molecule has 1 heterocycles. The summed E-state index contributed by atoms with van der Waals surface area (Å²) in [5.41, 5.74) is 0.572. The summed E-state index contributed by atoms with van der Waals surface area (Å²) in [5, 5.41) is 3.91. The maximum atomic E-state index is 11.2. The van der Waals surface area contributed by atoms with E-state index in [2.05, 4.69) is 14.0 Å². The van der Waals surface area contributed by atoms with E-state index in [1.54, 1.807) is 7.05 Å². The molecule has 16 heavy (non-hydrogen) atoms. The van der Waals surface area contributed by atoms with Gasteiger partial charge in [-0.15, -0.1) is 0 Å². The first-order chi connectivity index (χ1) is 7.33. The molecule has 1 aromatic rings. The van der Waals surface area contributed by atoms with E-state index in [1.165, 1.54) is 17.9 Å². The van der Waals surface area contributed by atoms with E-state index in [4.69, 9.17) is 0 Å². The minimum absolute atomic E-state index is 0.205. The number of rotatable bonds is 4. The van der Waals surface area contributed by atoms with Gasteiger partial charge in [-0.3, -0.25) is 8.86 Å². The number of carbonyl (C=O) groups excluding carboxylic acids is 1. The maximum absolute atomic E-state index is 11.2. The summed E-state index contributed by atoms with van der Waals surface area (Å²) in [6.07, 6.45) is 0.942. The summed E-state index contributed by atoms with van der Waals surface area (Å²) in [6, 6.07) is 1.41. The molecule has 1 rings (SSSR count). The molecule has 0 atom stereocenters. The second-order valence-corrected chi connectivity index (χ2v) is 4.75. The van der Waals surface area contributed by atoms with Gasteiger partial charge in [-0.2, -0.15) is 13.5 Å². The summed E-state index contributed by atoms with van der Waals surface area (Å²) in [5.74, 6) is -0.541. The van der Waals surface area contributed by atoms with Gasteiger partial charge in [0.1, 0.15) is 12.3 Å². The first-order valence-corrected chi connectivity index (χ1v) is 6.11. The monoisotopic (exact) mass is 248 g/mol. The van der Waals surface area contributed by atoms with Gasteiger partial charge in [0, 0.05) is 7.05 Å². The largest absolute Gasteiger partial charge is 0.464 e. The Morgan fingerprint density at radius 3 is 2.69 bits per heavy atom. The second kappa shape index (κ2) is 4.62. The van der Waals surface area contributed by atoms with Gasteiger partial charge < -0.3 is 4.74 Å². The van der Waals surface area contributed by atoms with E-state index in [1.807, 2.05) is 0 Å². The number of hydrogen-bond donors (Lipinski definition) is 0. The van der Waals surface area contributed by atoms with E-state index in [9.17, 15) is 13.2 Å². The van der Waals surface area contributed by atoms with E-state index in [0.717, 1.165) is 6.26 Å². The summed E-state index contributed by atoms with van der Waals surface area (Å²) in [6.45, 7) is -0.205. The fraction of sp³-hybridized carbons (Fsp3) is 0.500. The van der Waals surface area contributed by atoms with Crippen LogP contribution in [0.1, 0.15) is 16.2 Å². The van der Waals surface area contributed by atoms with Crippen LogP contribution >= 0.6 is 0 Å². The second-order valence-electron chi connectivity index (χ2n) is 3.10. The van der Waals surface area contributed by atoms with Gasteiger partial charge in [0.2, 0.25) is 0 Å². The van der Waals surface area contributed by atoms with Gasteiger partial charge in [-0.1, -0.05) is 0 Å². The van der Waals surface area contributed by atoms with Crippen LogP contribution in [0.3, 0.4) is 0 Å². The topological polar surface area (TPSA) is 87.5 Å². The molecule has 8 heteroatoms. The van der Waals surface area contributed by atoms with Crippen LogP contribution in [0, 0.1) is 0 Å². The normalized spacial score (nSPS) is 11.4. The molecule has 0 saturated heterocycles. The van der Waals surface area contributed by atoms with Crippen molar-refractivity contribution in [1.29, 1.82) is 0 Å². The van der Waals surface area contributed by atoms with Gasteiger partial charge in [-0.25, -0.2) is 4.79 Å². The van der Waals surface area contributed by atoms with E-state index < -0.39 is 16.1 Å². The zero-order chi connectivity index (χ0) is 12.3. The Morgan fingerprint density at radius 2 is 2.19 bits per heavy atom. The molecule has 0 aromatic carbocycles. The van der Waals surface area contributed by atoms with Crippen molar-refractivity contribution in [2.75, 3.05) is 13.4 Å². The summed E-state index contributed by atoms with van der Waals surface area (Å²) < 4.78 is 31.8. The van der Waals surface area contributed by atoms with Crippen molar-refractivity contribution < 1.29 is 22.1 Å². The van der Waals surface area contributed by atoms with Gasteiger partial charge in [0.25, 0.3) is 10.1 Å². The standard InChI is InChI=1S/C8H12N2O5S/c1-10-7(8(11)14-2)4-6(9-10)5-15-16(3,12)13/h4H,5H2,1-3H3. The number of hydrogen-bond acceptors (Lipinski definition) is 6. The first-order valence-electron chi connectivity index (χ1n) is 4.29. The number of methoxy groups -OCH3 is 1. The summed E-state index contributed by atoms with van der Waals surface area (Å²) in [4.78, 5) is 11.2. The Labute approximate surface area is 93.1 Å². The molecule has 0 spiro atoms. The lowest BCUT2D eigenvalue weighted by atomic mass is 10.3. The van der Waals surface area contributed by atoms with Crippen LogP contribution in [0.2, 0.25) is 0 Å². The molecule has 0 saturated carbocycles. The van der Waals surface area contributed by atoms with Gasteiger partial charge in [0.05, 0.1) is 19.1 Å². The van der Waals surface area contributed by atoms with Gasteiger partial charge in [0.15, 0.2) is 0 Å². The average molecular weight is 248 g/mol. The molecule has 0 unspecified atom stereocenters. The number of carbonyl (C=O) groups is 1. The van der Waals surface area contributed by atoms with Crippen LogP contribution in [-0.2, 0) is 32.7 Å². The molecule has 7 nitrogen and oxygen atoms in total. The van der Waals surface area contributed by atoms with Crippen molar-refractivity contribution >= 4 is 16.1 Å². The van der Waals surface area contributed by atoms with E-state index in [0.29, 0.717) is 5.69 Å². The predicted octanol–water partition coefficient (Wildman–Crippen LogP) is -0.317. The minimum atomic E-state index is -3.52. The first kappa shape index (κ1) is 12.7. The maximum Gasteiger partial charge on any atom is 0.356 e. The van der Waals surface area contributed by atoms with Crippen LogP contribution in [0.15, 0.2) is 6.07 Å². The molecule has 0 aliphatic heterocycles. The van der Waals surface area contributed by atoms with E-state index >= 15 is 0 Å². The predicted molar refractivity (Wildman–Crippen MR) is 54.2 cm³/mol. The van der Waals surface area contributed by atoms with Crippen molar-refractivity contribution in [3.63, 3.8) is 0 Å². The number of aromatic nitrogens is 2. The Bertz CT molecular complexity index is 491. The Kier molecular flexibility index (Phi) is 3.66. The van der Waals surface area contributed by atoms with Crippen molar-refractivity contribution in [3.8, 4) is 0 Å². The highest BCUT2D eigenvalue weighted by Gasteiger charge is 2.14. The zero-order valence-electron chi connectivity index (χ0n) is 9.13. The Hall–Kier alpha value is -1.41. The summed E-state index contributed by atoms with van der Waals surface area (Å²) in [7, 11) is -0.713. The third kappa shape index (κ3) is 3.31. The molecule has 1 aromatic heterocycles. The third-order valence-corrected chi connectivity index (χ3v) is 2.29. The number of ether oxygens (including phenoxy) is 1. The quantitative estimate of drug-likeness (QED) is 0.536. The zero-order valence-corrected chi connectivity index (χ0v) is 9.94. The number of aryl methyl sites for hydroxylation is 1. The molecule has 0 bridgehead atoms. The summed E-state index contributed by atoms with van der Waals surface area (Å²) >= 11 is 0. The van der Waals surface area contributed by atoms with Crippen LogP contribution in [-0.4, -0.2) is 37.5 Å². The lowest BCUT2D eigenvalue weighted by molar-refractivity contribution is 0.0588. The third-order valence-electron chi connectivity index (χ3n) is 1.75. The van der Waals surface area contributed by atoms with Crippen molar-refractivity contribution in [2.24, 2.45) is 7.05 Å². The van der Waals surface area contributed by atoms with Crippen molar-refractivity contribution in [1.82, 2.24) is 9.78 Å². The van der Waals surface area contributed by atoms with Crippen LogP contribution in [0.4, 0.5) is 0 Å². The number of nitrogens with zero attached hydrogens (tertiary/aromatic N) is 2. The molecular formula is C8H12N2O5S.